The molecule has 1 atom stereocenters. The van der Waals surface area contributed by atoms with Gasteiger partial charge in [0.15, 0.2) is 0 Å². The summed E-state index contributed by atoms with van der Waals surface area (Å²) >= 11 is 0. The van der Waals surface area contributed by atoms with Crippen LogP contribution in [-0.2, 0) is 9.53 Å². The maximum atomic E-state index is 12.0. The molecule has 102 valence electrons. The van der Waals surface area contributed by atoms with E-state index in [4.69, 9.17) is 15.6 Å². The van der Waals surface area contributed by atoms with Crippen LogP contribution in [0, 0.1) is 0 Å². The van der Waals surface area contributed by atoms with Crippen LogP contribution >= 0.6 is 0 Å². The van der Waals surface area contributed by atoms with Gasteiger partial charge in [0.2, 0.25) is 5.91 Å². The van der Waals surface area contributed by atoms with Crippen molar-refractivity contribution in [3.05, 3.63) is 35.9 Å². The fourth-order valence-electron chi connectivity index (χ4n) is 1.97. The molecule has 1 aliphatic rings. The molecule has 5 heteroatoms. The molecule has 1 amide bonds. The van der Waals surface area contributed by atoms with E-state index < -0.39 is 0 Å². The van der Waals surface area contributed by atoms with Gasteiger partial charge < -0.3 is 20.5 Å². The number of benzene rings is 1. The van der Waals surface area contributed by atoms with E-state index in [1.165, 1.54) is 6.08 Å². The zero-order chi connectivity index (χ0) is 13.7. The molecule has 3 N–H and O–H groups in total. The highest BCUT2D eigenvalue weighted by molar-refractivity contribution is 5.92. The van der Waals surface area contributed by atoms with E-state index in [2.05, 4.69) is 0 Å². The Morgan fingerprint density at radius 2 is 2.42 bits per heavy atom. The summed E-state index contributed by atoms with van der Waals surface area (Å²) in [5, 5.41) is 9.03. The van der Waals surface area contributed by atoms with Crippen molar-refractivity contribution in [1.82, 2.24) is 4.90 Å². The number of hydrogen-bond donors (Lipinski definition) is 2. The molecule has 1 saturated heterocycles. The van der Waals surface area contributed by atoms with Gasteiger partial charge in [0, 0.05) is 24.9 Å². The molecule has 0 spiro atoms. The summed E-state index contributed by atoms with van der Waals surface area (Å²) in [6.45, 7) is 1.37. The van der Waals surface area contributed by atoms with Gasteiger partial charge in [-0.05, 0) is 23.8 Å². The maximum Gasteiger partial charge on any atom is 0.246 e. The van der Waals surface area contributed by atoms with E-state index in [1.54, 1.807) is 23.1 Å². The van der Waals surface area contributed by atoms with E-state index in [0.29, 0.717) is 25.4 Å². The van der Waals surface area contributed by atoms with Crippen LogP contribution in [0.4, 0.5) is 5.69 Å². The molecule has 1 heterocycles. The van der Waals surface area contributed by atoms with Crippen molar-refractivity contribution in [2.75, 3.05) is 32.0 Å². The zero-order valence-corrected chi connectivity index (χ0v) is 10.7. The van der Waals surface area contributed by atoms with Crippen molar-refractivity contribution < 1.29 is 14.6 Å². The van der Waals surface area contributed by atoms with E-state index >= 15 is 0 Å². The molecule has 1 unspecified atom stereocenters. The van der Waals surface area contributed by atoms with Crippen molar-refractivity contribution in [2.24, 2.45) is 0 Å². The number of rotatable bonds is 3. The summed E-state index contributed by atoms with van der Waals surface area (Å²) in [4.78, 5) is 13.7. The number of morpholine rings is 1. The van der Waals surface area contributed by atoms with Crippen molar-refractivity contribution in [3.8, 4) is 0 Å². The lowest BCUT2D eigenvalue weighted by Gasteiger charge is -2.31. The molecule has 1 fully saturated rings. The Kier molecular flexibility index (Phi) is 4.54. The molecule has 2 rings (SSSR count). The molecule has 1 aliphatic heterocycles. The highest BCUT2D eigenvalue weighted by Gasteiger charge is 2.21. The van der Waals surface area contributed by atoms with Gasteiger partial charge in [-0.2, -0.15) is 0 Å². The number of anilines is 1. The number of carbonyl (C=O) groups excluding carboxylic acids is 1. The van der Waals surface area contributed by atoms with E-state index in [-0.39, 0.29) is 18.6 Å². The van der Waals surface area contributed by atoms with Crippen LogP contribution in [0.2, 0.25) is 0 Å². The van der Waals surface area contributed by atoms with Crippen molar-refractivity contribution in [3.63, 3.8) is 0 Å². The topological polar surface area (TPSA) is 75.8 Å². The summed E-state index contributed by atoms with van der Waals surface area (Å²) in [5.41, 5.74) is 7.23. The number of ether oxygens (including phenoxy) is 1. The standard InChI is InChI=1S/C14H18N2O3/c15-12-3-1-2-11(8-12)4-5-14(18)16-6-7-19-13(9-16)10-17/h1-5,8,13,17H,6-7,9-10,15H2/b5-4+. The third-order valence-electron chi connectivity index (χ3n) is 2.98. The zero-order valence-electron chi connectivity index (χ0n) is 10.7. The Bertz CT molecular complexity index is 474. The SMILES string of the molecule is Nc1cccc(/C=C/C(=O)N2CCOC(CO)C2)c1. The van der Waals surface area contributed by atoms with Crippen LogP contribution in [0.5, 0.6) is 0 Å². The Hall–Kier alpha value is -1.85. The fourth-order valence-corrected chi connectivity index (χ4v) is 1.97. The minimum Gasteiger partial charge on any atom is -0.399 e. The minimum atomic E-state index is -0.279. The summed E-state index contributed by atoms with van der Waals surface area (Å²) < 4.78 is 5.30. The lowest BCUT2D eigenvalue weighted by atomic mass is 10.2. The third-order valence-corrected chi connectivity index (χ3v) is 2.98. The molecule has 19 heavy (non-hydrogen) atoms. The average Bonchev–Trinajstić information content (AvgIpc) is 2.45. The first-order chi connectivity index (χ1) is 9.19. The maximum absolute atomic E-state index is 12.0. The summed E-state index contributed by atoms with van der Waals surface area (Å²) in [7, 11) is 0. The van der Waals surface area contributed by atoms with Gasteiger partial charge in [0.25, 0.3) is 0 Å². The molecule has 0 aliphatic carbocycles. The Morgan fingerprint density at radius 1 is 1.58 bits per heavy atom. The first-order valence-electron chi connectivity index (χ1n) is 6.24. The predicted octanol–water partition coefficient (Wildman–Crippen LogP) is 0.502. The van der Waals surface area contributed by atoms with E-state index in [1.807, 2.05) is 12.1 Å². The monoisotopic (exact) mass is 262 g/mol. The van der Waals surface area contributed by atoms with Crippen molar-refractivity contribution in [2.45, 2.75) is 6.10 Å². The lowest BCUT2D eigenvalue weighted by molar-refractivity contribution is -0.134. The number of nitrogens with zero attached hydrogens (tertiary/aromatic N) is 1. The van der Waals surface area contributed by atoms with Crippen molar-refractivity contribution >= 4 is 17.7 Å². The molecule has 1 aromatic carbocycles. The van der Waals surface area contributed by atoms with Crippen LogP contribution in [0.15, 0.2) is 30.3 Å². The van der Waals surface area contributed by atoms with Gasteiger partial charge >= 0.3 is 0 Å². The average molecular weight is 262 g/mol. The third kappa shape index (κ3) is 3.81. The van der Waals surface area contributed by atoms with Crippen molar-refractivity contribution in [1.29, 1.82) is 0 Å². The quantitative estimate of drug-likeness (QED) is 0.614. The van der Waals surface area contributed by atoms with Gasteiger partial charge in [0.05, 0.1) is 19.3 Å². The number of nitrogen functional groups attached to an aromatic ring is 1. The van der Waals surface area contributed by atoms with Crippen LogP contribution in [0.3, 0.4) is 0 Å². The van der Waals surface area contributed by atoms with Gasteiger partial charge in [0.1, 0.15) is 0 Å². The molecule has 0 aromatic heterocycles. The number of carbonyl (C=O) groups is 1. The molecular weight excluding hydrogens is 244 g/mol. The second kappa shape index (κ2) is 6.36. The van der Waals surface area contributed by atoms with E-state index in [9.17, 15) is 4.79 Å². The van der Waals surface area contributed by atoms with Crippen LogP contribution in [0.1, 0.15) is 5.56 Å². The Balaban J connectivity index is 1.96. The second-order valence-corrected chi connectivity index (χ2v) is 4.46. The highest BCUT2D eigenvalue weighted by atomic mass is 16.5. The number of nitrogens with two attached hydrogens (primary N) is 1. The largest absolute Gasteiger partial charge is 0.399 e. The summed E-state index contributed by atoms with van der Waals surface area (Å²) in [6, 6.07) is 7.33. The van der Waals surface area contributed by atoms with Gasteiger partial charge in [-0.25, -0.2) is 0 Å². The second-order valence-electron chi connectivity index (χ2n) is 4.46. The van der Waals surface area contributed by atoms with Crippen LogP contribution < -0.4 is 5.73 Å². The first-order valence-corrected chi connectivity index (χ1v) is 6.24. The van der Waals surface area contributed by atoms with Gasteiger partial charge in [-0.15, -0.1) is 0 Å². The Morgan fingerprint density at radius 3 is 3.16 bits per heavy atom. The predicted molar refractivity (Wildman–Crippen MR) is 73.3 cm³/mol. The lowest BCUT2D eigenvalue weighted by Crippen LogP contribution is -2.46. The number of hydrogen-bond acceptors (Lipinski definition) is 4. The molecular formula is C14H18N2O3. The highest BCUT2D eigenvalue weighted by Crippen LogP contribution is 2.10. The summed E-state index contributed by atoms with van der Waals surface area (Å²) in [6.07, 6.45) is 2.98. The molecule has 0 radical (unpaired) electrons. The fraction of sp³-hybridized carbons (Fsp3) is 0.357. The number of amides is 1. The van der Waals surface area contributed by atoms with Crippen LogP contribution in [0.25, 0.3) is 6.08 Å². The van der Waals surface area contributed by atoms with Crippen LogP contribution in [-0.4, -0.2) is 48.3 Å². The van der Waals surface area contributed by atoms with Gasteiger partial charge in [-0.3, -0.25) is 4.79 Å². The van der Waals surface area contributed by atoms with Gasteiger partial charge in [-0.1, -0.05) is 12.1 Å². The molecule has 5 nitrogen and oxygen atoms in total. The molecule has 0 bridgehead atoms. The smallest absolute Gasteiger partial charge is 0.246 e. The molecule has 0 saturated carbocycles. The molecule has 1 aromatic rings. The normalized spacial score (nSPS) is 19.8. The Labute approximate surface area is 112 Å². The van der Waals surface area contributed by atoms with E-state index in [0.717, 1.165) is 5.56 Å². The number of aliphatic hydroxyl groups excluding tert-OH is 1. The summed E-state index contributed by atoms with van der Waals surface area (Å²) in [5.74, 6) is -0.0795. The first kappa shape index (κ1) is 13.6. The minimum absolute atomic E-state index is 0.0668. The number of aliphatic hydroxyl groups is 1.